The highest BCUT2D eigenvalue weighted by Gasteiger charge is 2.21. The van der Waals surface area contributed by atoms with Crippen LogP contribution in [0.4, 0.5) is 5.69 Å². The predicted molar refractivity (Wildman–Crippen MR) is 124 cm³/mol. The van der Waals surface area contributed by atoms with E-state index in [9.17, 15) is 9.59 Å². The van der Waals surface area contributed by atoms with E-state index in [0.29, 0.717) is 24.9 Å². The molecule has 1 N–H and O–H groups in total. The van der Waals surface area contributed by atoms with Crippen LogP contribution in [0, 0.1) is 0 Å². The first kappa shape index (κ1) is 21.9. The Morgan fingerprint density at radius 3 is 2.44 bits per heavy atom. The maximum absolute atomic E-state index is 12.6. The van der Waals surface area contributed by atoms with Gasteiger partial charge in [0, 0.05) is 42.9 Å². The van der Waals surface area contributed by atoms with Crippen LogP contribution < -0.4 is 15.0 Å². The molecule has 9 heteroatoms. The van der Waals surface area contributed by atoms with Crippen molar-refractivity contribution in [2.75, 3.05) is 31.4 Å². The lowest BCUT2D eigenvalue weighted by atomic mass is 10.2. The van der Waals surface area contributed by atoms with E-state index in [1.54, 1.807) is 24.1 Å². The van der Waals surface area contributed by atoms with E-state index < -0.39 is 0 Å². The summed E-state index contributed by atoms with van der Waals surface area (Å²) in [6.07, 6.45) is 3.95. The fourth-order valence-corrected chi connectivity index (χ4v) is 4.20. The van der Waals surface area contributed by atoms with Gasteiger partial charge in [-0.15, -0.1) is 10.2 Å². The van der Waals surface area contributed by atoms with Crippen molar-refractivity contribution in [2.24, 2.45) is 0 Å². The normalized spacial score (nSPS) is 13.4. The highest BCUT2D eigenvalue weighted by Crippen LogP contribution is 2.23. The smallest absolute Gasteiger partial charge is 0.251 e. The van der Waals surface area contributed by atoms with Gasteiger partial charge < -0.3 is 15.0 Å². The number of benzene rings is 2. The molecule has 0 radical (unpaired) electrons. The molecule has 2 heterocycles. The first-order valence-electron chi connectivity index (χ1n) is 10.4. The number of rotatable bonds is 8. The van der Waals surface area contributed by atoms with Gasteiger partial charge in [0.1, 0.15) is 11.6 Å². The second-order valence-electron chi connectivity index (χ2n) is 7.34. The summed E-state index contributed by atoms with van der Waals surface area (Å²) in [7, 11) is 1.63. The quantitative estimate of drug-likeness (QED) is 0.530. The average Bonchev–Trinajstić information content (AvgIpc) is 3.45. The van der Waals surface area contributed by atoms with Gasteiger partial charge in [0.2, 0.25) is 5.91 Å². The first-order valence-corrected chi connectivity index (χ1v) is 11.6. The molecule has 2 amide bonds. The van der Waals surface area contributed by atoms with Gasteiger partial charge in [-0.2, -0.15) is 0 Å². The van der Waals surface area contributed by atoms with Gasteiger partial charge >= 0.3 is 0 Å². The molecule has 8 nitrogen and oxygen atoms in total. The Bertz CT molecular complexity index is 1100. The largest absolute Gasteiger partial charge is 0.497 e. The van der Waals surface area contributed by atoms with Crippen LogP contribution in [-0.4, -0.2) is 53.0 Å². The van der Waals surface area contributed by atoms with E-state index in [1.165, 1.54) is 11.8 Å². The molecule has 3 aromatic rings. The van der Waals surface area contributed by atoms with Gasteiger partial charge in [-0.1, -0.05) is 11.8 Å². The molecule has 0 unspecified atom stereocenters. The maximum Gasteiger partial charge on any atom is 0.251 e. The number of anilines is 1. The molecular formula is C23H25N5O3S. The zero-order valence-corrected chi connectivity index (χ0v) is 18.9. The number of thioether (sulfide) groups is 1. The summed E-state index contributed by atoms with van der Waals surface area (Å²) in [5.74, 6) is 1.52. The maximum atomic E-state index is 12.6. The molecule has 4 rings (SSSR count). The van der Waals surface area contributed by atoms with E-state index >= 15 is 0 Å². The molecule has 1 aliphatic heterocycles. The molecule has 0 aliphatic carbocycles. The summed E-state index contributed by atoms with van der Waals surface area (Å²) in [6.45, 7) is 1.16. The van der Waals surface area contributed by atoms with Gasteiger partial charge in [-0.3, -0.25) is 14.2 Å². The lowest BCUT2D eigenvalue weighted by Gasteiger charge is -2.15. The fourth-order valence-electron chi connectivity index (χ4n) is 3.69. The fraction of sp³-hybridized carbons (Fsp3) is 0.304. The summed E-state index contributed by atoms with van der Waals surface area (Å²) in [4.78, 5) is 26.2. The number of nitrogens with one attached hydrogen (secondary N) is 1. The Morgan fingerprint density at radius 1 is 1.09 bits per heavy atom. The monoisotopic (exact) mass is 451 g/mol. The molecule has 166 valence electrons. The Balaban J connectivity index is 1.39. The molecule has 1 saturated heterocycles. The van der Waals surface area contributed by atoms with E-state index in [1.807, 2.05) is 47.2 Å². The summed E-state index contributed by atoms with van der Waals surface area (Å²) < 4.78 is 7.22. The second-order valence-corrected chi connectivity index (χ2v) is 8.11. The highest BCUT2D eigenvalue weighted by molar-refractivity contribution is 7.98. The number of hydrogen-bond donors (Lipinski definition) is 1. The third-order valence-electron chi connectivity index (χ3n) is 5.36. The minimum absolute atomic E-state index is 0.132. The van der Waals surface area contributed by atoms with Gasteiger partial charge in [-0.25, -0.2) is 0 Å². The number of aromatic nitrogens is 3. The van der Waals surface area contributed by atoms with Gasteiger partial charge in [0.05, 0.1) is 7.11 Å². The molecule has 0 spiro atoms. The molecule has 1 aromatic heterocycles. The van der Waals surface area contributed by atoms with Crippen molar-refractivity contribution in [3.05, 3.63) is 59.9 Å². The lowest BCUT2D eigenvalue weighted by Crippen LogP contribution is -2.27. The molecule has 0 atom stereocenters. The van der Waals surface area contributed by atoms with Crippen molar-refractivity contribution >= 4 is 29.3 Å². The Hall–Kier alpha value is -3.33. The van der Waals surface area contributed by atoms with Gasteiger partial charge in [-0.05, 0) is 61.2 Å². The standard InChI is InChI=1S/C23H25N5O3S/c1-31-19-11-9-18(10-12-19)28-20(25-26-23(28)32-2)13-14-24-22(30)16-5-7-17(8-6-16)27-15-3-4-21(27)29/h5-12H,3-4,13-15H2,1-2H3,(H,24,30). The van der Waals surface area contributed by atoms with Crippen LogP contribution in [0.15, 0.2) is 53.7 Å². The van der Waals surface area contributed by atoms with E-state index in [2.05, 4.69) is 15.5 Å². The third-order valence-corrected chi connectivity index (χ3v) is 5.99. The average molecular weight is 452 g/mol. The first-order chi connectivity index (χ1) is 15.6. The molecule has 32 heavy (non-hydrogen) atoms. The van der Waals surface area contributed by atoms with Crippen molar-refractivity contribution in [1.29, 1.82) is 0 Å². The number of hydrogen-bond acceptors (Lipinski definition) is 6. The van der Waals surface area contributed by atoms with E-state index in [0.717, 1.165) is 41.1 Å². The van der Waals surface area contributed by atoms with Crippen LogP contribution in [0.5, 0.6) is 5.75 Å². The number of carbonyl (C=O) groups excluding carboxylic acids is 2. The summed E-state index contributed by atoms with van der Waals surface area (Å²) in [5, 5.41) is 12.3. The Labute approximate surface area is 191 Å². The SMILES string of the molecule is COc1ccc(-n2c(CCNC(=O)c3ccc(N4CCCC4=O)cc3)nnc2SC)cc1. The zero-order valence-electron chi connectivity index (χ0n) is 18.1. The van der Waals surface area contributed by atoms with E-state index in [-0.39, 0.29) is 11.8 Å². The predicted octanol–water partition coefficient (Wildman–Crippen LogP) is 3.10. The number of nitrogens with zero attached hydrogens (tertiary/aromatic N) is 4. The lowest BCUT2D eigenvalue weighted by molar-refractivity contribution is -0.117. The van der Waals surface area contributed by atoms with Gasteiger partial charge in [0.25, 0.3) is 5.91 Å². The molecule has 0 saturated carbocycles. The molecule has 0 bridgehead atoms. The minimum atomic E-state index is -0.162. The van der Waals surface area contributed by atoms with E-state index in [4.69, 9.17) is 4.74 Å². The summed E-state index contributed by atoms with van der Waals surface area (Å²) in [5.41, 5.74) is 2.33. The van der Waals surface area contributed by atoms with Crippen LogP contribution in [0.25, 0.3) is 5.69 Å². The minimum Gasteiger partial charge on any atom is -0.497 e. The van der Waals surface area contributed by atoms with Crippen molar-refractivity contribution in [3.8, 4) is 11.4 Å². The molecule has 2 aromatic carbocycles. The van der Waals surface area contributed by atoms with Crippen LogP contribution in [0.1, 0.15) is 29.0 Å². The zero-order chi connectivity index (χ0) is 22.5. The summed E-state index contributed by atoms with van der Waals surface area (Å²) in [6, 6.07) is 14.8. The number of amides is 2. The van der Waals surface area contributed by atoms with Crippen LogP contribution in [-0.2, 0) is 11.2 Å². The van der Waals surface area contributed by atoms with Gasteiger partial charge in [0.15, 0.2) is 5.16 Å². The van der Waals surface area contributed by atoms with Crippen molar-refractivity contribution in [3.63, 3.8) is 0 Å². The number of ether oxygens (including phenoxy) is 1. The van der Waals surface area contributed by atoms with Crippen molar-refractivity contribution in [2.45, 2.75) is 24.4 Å². The number of methoxy groups -OCH3 is 1. The molecule has 1 fully saturated rings. The highest BCUT2D eigenvalue weighted by atomic mass is 32.2. The summed E-state index contributed by atoms with van der Waals surface area (Å²) >= 11 is 1.51. The Morgan fingerprint density at radius 2 is 1.81 bits per heavy atom. The van der Waals surface area contributed by atoms with Crippen LogP contribution >= 0.6 is 11.8 Å². The van der Waals surface area contributed by atoms with Crippen LogP contribution in [0.3, 0.4) is 0 Å². The van der Waals surface area contributed by atoms with Crippen molar-refractivity contribution < 1.29 is 14.3 Å². The molecule has 1 aliphatic rings. The Kier molecular flexibility index (Phi) is 6.75. The molecular weight excluding hydrogens is 426 g/mol. The number of carbonyl (C=O) groups is 2. The second kappa shape index (κ2) is 9.86. The van der Waals surface area contributed by atoms with Crippen LogP contribution in [0.2, 0.25) is 0 Å². The third kappa shape index (κ3) is 4.62. The van der Waals surface area contributed by atoms with Crippen molar-refractivity contribution in [1.82, 2.24) is 20.1 Å². The topological polar surface area (TPSA) is 89.4 Å².